The molecule has 0 spiro atoms. The number of nitrogens with one attached hydrogen (secondary N) is 1. The van der Waals surface area contributed by atoms with E-state index >= 15 is 0 Å². The fourth-order valence-corrected chi connectivity index (χ4v) is 2.05. The average Bonchev–Trinajstić information content (AvgIpc) is 2.74. The number of aromatic nitrogens is 1. The van der Waals surface area contributed by atoms with Crippen molar-refractivity contribution in [2.75, 3.05) is 0 Å². The Morgan fingerprint density at radius 1 is 0.765 bits per heavy atom. The van der Waals surface area contributed by atoms with Gasteiger partial charge in [0.15, 0.2) is 0 Å². The van der Waals surface area contributed by atoms with Crippen molar-refractivity contribution < 1.29 is 0 Å². The molecule has 0 saturated carbocycles. The van der Waals surface area contributed by atoms with Gasteiger partial charge in [0.1, 0.15) is 0 Å². The van der Waals surface area contributed by atoms with Crippen LogP contribution in [0, 0.1) is 22.7 Å². The first-order valence-corrected chi connectivity index (χ1v) is 5.17. The third-order valence-corrected chi connectivity index (χ3v) is 2.86. The van der Waals surface area contributed by atoms with Gasteiger partial charge in [-0.25, -0.2) is 0 Å². The summed E-state index contributed by atoms with van der Waals surface area (Å²) in [5.74, 6) is 0. The van der Waals surface area contributed by atoms with Gasteiger partial charge in [-0.1, -0.05) is 12.1 Å². The first kappa shape index (κ1) is 9.45. The van der Waals surface area contributed by atoms with Gasteiger partial charge in [-0.3, -0.25) is 0 Å². The Balaban J connectivity index is 2.42. The molecule has 3 rings (SSSR count). The molecule has 0 saturated heterocycles. The van der Waals surface area contributed by atoms with Gasteiger partial charge in [0.25, 0.3) is 0 Å². The molecule has 0 aliphatic heterocycles. The summed E-state index contributed by atoms with van der Waals surface area (Å²) < 4.78 is 0. The van der Waals surface area contributed by atoms with Crippen LogP contribution in [0.4, 0.5) is 0 Å². The topological polar surface area (TPSA) is 63.4 Å². The van der Waals surface area contributed by atoms with E-state index in [9.17, 15) is 0 Å². The summed E-state index contributed by atoms with van der Waals surface area (Å²) >= 11 is 0. The summed E-state index contributed by atoms with van der Waals surface area (Å²) in [6, 6.07) is 15.3. The summed E-state index contributed by atoms with van der Waals surface area (Å²) in [5, 5.41) is 19.8. The highest BCUT2D eigenvalue weighted by atomic mass is 14.7. The van der Waals surface area contributed by atoms with Crippen LogP contribution in [0.2, 0.25) is 0 Å². The predicted octanol–water partition coefficient (Wildman–Crippen LogP) is 3.06. The summed E-state index contributed by atoms with van der Waals surface area (Å²) in [5.41, 5.74) is 3.11. The zero-order chi connectivity index (χ0) is 11.8. The molecular formula is C14H7N3. The molecular weight excluding hydrogens is 210 g/mol. The standard InChI is InChI=1S/C14H7N3/c15-7-9-1-3-11-12-4-2-10(8-16)6-14(12)17-13(11)5-9/h1-6,17H. The molecule has 3 aromatic rings. The predicted molar refractivity (Wildman–Crippen MR) is 65.2 cm³/mol. The molecule has 0 amide bonds. The van der Waals surface area contributed by atoms with Gasteiger partial charge in [-0.15, -0.1) is 0 Å². The minimum atomic E-state index is 0.629. The number of nitriles is 2. The van der Waals surface area contributed by atoms with Crippen molar-refractivity contribution in [2.24, 2.45) is 0 Å². The van der Waals surface area contributed by atoms with E-state index in [1.54, 1.807) is 12.1 Å². The Hall–Kier alpha value is -2.78. The third-order valence-electron chi connectivity index (χ3n) is 2.86. The molecule has 2 aromatic carbocycles. The van der Waals surface area contributed by atoms with Crippen molar-refractivity contribution in [1.29, 1.82) is 10.5 Å². The maximum atomic E-state index is 8.85. The number of aromatic amines is 1. The normalized spacial score (nSPS) is 10.2. The van der Waals surface area contributed by atoms with E-state index in [1.165, 1.54) is 0 Å². The summed E-state index contributed by atoms with van der Waals surface area (Å²) in [6.45, 7) is 0. The lowest BCUT2D eigenvalue weighted by Crippen LogP contribution is -1.73. The fourth-order valence-electron chi connectivity index (χ4n) is 2.05. The Kier molecular flexibility index (Phi) is 1.87. The van der Waals surface area contributed by atoms with Crippen molar-refractivity contribution in [2.45, 2.75) is 0 Å². The number of fused-ring (bicyclic) bond motifs is 3. The first-order valence-electron chi connectivity index (χ1n) is 5.17. The highest BCUT2D eigenvalue weighted by Gasteiger charge is 2.05. The second-order valence-corrected chi connectivity index (χ2v) is 3.87. The number of nitrogens with zero attached hydrogens (tertiary/aromatic N) is 2. The van der Waals surface area contributed by atoms with Crippen LogP contribution >= 0.6 is 0 Å². The van der Waals surface area contributed by atoms with Gasteiger partial charge in [0, 0.05) is 21.8 Å². The molecule has 78 valence electrons. The Labute approximate surface area is 97.5 Å². The summed E-state index contributed by atoms with van der Waals surface area (Å²) in [6.07, 6.45) is 0. The van der Waals surface area contributed by atoms with E-state index in [0.717, 1.165) is 21.8 Å². The molecule has 3 heteroatoms. The number of H-pyrrole nitrogens is 1. The molecule has 1 N–H and O–H groups in total. The van der Waals surface area contributed by atoms with Crippen LogP contribution in [-0.2, 0) is 0 Å². The molecule has 0 aliphatic carbocycles. The molecule has 17 heavy (non-hydrogen) atoms. The van der Waals surface area contributed by atoms with Crippen molar-refractivity contribution in [3.8, 4) is 12.1 Å². The van der Waals surface area contributed by atoms with Gasteiger partial charge in [0.05, 0.1) is 23.3 Å². The molecule has 1 aromatic heterocycles. The molecule has 0 atom stereocenters. The van der Waals surface area contributed by atoms with Crippen molar-refractivity contribution in [3.63, 3.8) is 0 Å². The SMILES string of the molecule is N#Cc1ccc2c(c1)[nH]c1cc(C#N)ccc12. The van der Waals surface area contributed by atoms with Crippen LogP contribution in [-0.4, -0.2) is 4.98 Å². The minimum Gasteiger partial charge on any atom is -0.354 e. The zero-order valence-electron chi connectivity index (χ0n) is 8.86. The smallest absolute Gasteiger partial charge is 0.0992 e. The van der Waals surface area contributed by atoms with Crippen LogP contribution in [0.1, 0.15) is 11.1 Å². The number of hydrogen-bond donors (Lipinski definition) is 1. The van der Waals surface area contributed by atoms with Gasteiger partial charge >= 0.3 is 0 Å². The number of rotatable bonds is 0. The van der Waals surface area contributed by atoms with Gasteiger partial charge in [0.2, 0.25) is 0 Å². The van der Waals surface area contributed by atoms with Crippen LogP contribution in [0.3, 0.4) is 0 Å². The van der Waals surface area contributed by atoms with Crippen LogP contribution in [0.5, 0.6) is 0 Å². The molecule has 0 fully saturated rings. The maximum absolute atomic E-state index is 8.85. The first-order chi connectivity index (χ1) is 8.31. The highest BCUT2D eigenvalue weighted by Crippen LogP contribution is 2.26. The monoisotopic (exact) mass is 217 g/mol. The second-order valence-electron chi connectivity index (χ2n) is 3.87. The van der Waals surface area contributed by atoms with Crippen LogP contribution in [0.15, 0.2) is 36.4 Å². The van der Waals surface area contributed by atoms with E-state index in [1.807, 2.05) is 24.3 Å². The molecule has 0 bridgehead atoms. The Morgan fingerprint density at radius 2 is 1.24 bits per heavy atom. The van der Waals surface area contributed by atoms with Gasteiger partial charge < -0.3 is 4.98 Å². The lowest BCUT2D eigenvalue weighted by Gasteiger charge is -1.91. The van der Waals surface area contributed by atoms with Gasteiger partial charge in [-0.05, 0) is 24.3 Å². The largest absolute Gasteiger partial charge is 0.354 e. The number of benzene rings is 2. The molecule has 0 radical (unpaired) electrons. The zero-order valence-corrected chi connectivity index (χ0v) is 8.86. The summed E-state index contributed by atoms with van der Waals surface area (Å²) in [4.78, 5) is 3.23. The Morgan fingerprint density at radius 3 is 1.65 bits per heavy atom. The van der Waals surface area contributed by atoms with E-state index in [-0.39, 0.29) is 0 Å². The summed E-state index contributed by atoms with van der Waals surface area (Å²) in [7, 11) is 0. The van der Waals surface area contributed by atoms with Crippen molar-refractivity contribution >= 4 is 21.8 Å². The Bertz CT molecular complexity index is 745. The van der Waals surface area contributed by atoms with Crippen molar-refractivity contribution in [3.05, 3.63) is 47.5 Å². The van der Waals surface area contributed by atoms with Gasteiger partial charge in [-0.2, -0.15) is 10.5 Å². The van der Waals surface area contributed by atoms with E-state index in [2.05, 4.69) is 17.1 Å². The number of hydrogen-bond acceptors (Lipinski definition) is 2. The average molecular weight is 217 g/mol. The third kappa shape index (κ3) is 1.34. The van der Waals surface area contributed by atoms with E-state index in [0.29, 0.717) is 11.1 Å². The molecule has 1 heterocycles. The van der Waals surface area contributed by atoms with E-state index < -0.39 is 0 Å². The fraction of sp³-hybridized carbons (Fsp3) is 0. The molecule has 3 nitrogen and oxygen atoms in total. The molecule has 0 aliphatic rings. The van der Waals surface area contributed by atoms with E-state index in [4.69, 9.17) is 10.5 Å². The second kappa shape index (κ2) is 3.37. The van der Waals surface area contributed by atoms with Crippen molar-refractivity contribution in [1.82, 2.24) is 4.98 Å². The minimum absolute atomic E-state index is 0.629. The quantitative estimate of drug-likeness (QED) is 0.629. The lowest BCUT2D eigenvalue weighted by atomic mass is 10.1. The van der Waals surface area contributed by atoms with Crippen LogP contribution < -0.4 is 0 Å². The van der Waals surface area contributed by atoms with Crippen LogP contribution in [0.25, 0.3) is 21.8 Å². The maximum Gasteiger partial charge on any atom is 0.0992 e. The highest BCUT2D eigenvalue weighted by molar-refractivity contribution is 6.07. The lowest BCUT2D eigenvalue weighted by molar-refractivity contribution is 1.47. The molecule has 0 unspecified atom stereocenters.